The van der Waals surface area contributed by atoms with Crippen LogP contribution in [-0.4, -0.2) is 53.6 Å². The standard InChI is InChI=1S/C24H27N5O2/c1-19-7-9-21(10-8-19)31-17-24(30)27-22-15-23(26-18-25-22)29-13-11-28(12-14-29)16-20-5-3-2-4-6-20/h2-10,15,18H,11-14,16-17H2,1H3,(H,25,26,27,30). The summed E-state index contributed by atoms with van der Waals surface area (Å²) < 4.78 is 5.53. The van der Waals surface area contributed by atoms with E-state index in [0.29, 0.717) is 11.6 Å². The number of hydrogen-bond donors (Lipinski definition) is 1. The molecule has 1 aliphatic rings. The first-order valence-electron chi connectivity index (χ1n) is 10.5. The van der Waals surface area contributed by atoms with Crippen LogP contribution >= 0.6 is 0 Å². The van der Waals surface area contributed by atoms with Gasteiger partial charge in [0.25, 0.3) is 5.91 Å². The van der Waals surface area contributed by atoms with Gasteiger partial charge in [-0.2, -0.15) is 0 Å². The third-order valence-corrected chi connectivity index (χ3v) is 5.26. The Balaban J connectivity index is 1.27. The van der Waals surface area contributed by atoms with Crippen LogP contribution in [0.1, 0.15) is 11.1 Å². The average molecular weight is 418 g/mol. The number of aryl methyl sites for hydroxylation is 1. The van der Waals surface area contributed by atoms with E-state index in [0.717, 1.165) is 44.1 Å². The normalized spacial score (nSPS) is 14.3. The number of hydrogen-bond acceptors (Lipinski definition) is 6. The van der Waals surface area contributed by atoms with Crippen LogP contribution in [0.2, 0.25) is 0 Å². The predicted octanol–water partition coefficient (Wildman–Crippen LogP) is 3.12. The summed E-state index contributed by atoms with van der Waals surface area (Å²) in [5, 5.41) is 2.79. The summed E-state index contributed by atoms with van der Waals surface area (Å²) in [5.74, 6) is 1.72. The van der Waals surface area contributed by atoms with E-state index in [1.54, 1.807) is 0 Å². The Morgan fingerprint density at radius 1 is 1.00 bits per heavy atom. The van der Waals surface area contributed by atoms with Gasteiger partial charge in [-0.25, -0.2) is 9.97 Å². The molecule has 7 heteroatoms. The molecular formula is C24H27N5O2. The zero-order valence-corrected chi connectivity index (χ0v) is 17.7. The van der Waals surface area contributed by atoms with Gasteiger partial charge in [0.15, 0.2) is 6.61 Å². The maximum atomic E-state index is 12.2. The monoisotopic (exact) mass is 417 g/mol. The Bertz CT molecular complexity index is 986. The van der Waals surface area contributed by atoms with Gasteiger partial charge in [0.1, 0.15) is 23.7 Å². The van der Waals surface area contributed by atoms with Crippen LogP contribution in [0.15, 0.2) is 67.0 Å². The average Bonchev–Trinajstić information content (AvgIpc) is 2.80. The van der Waals surface area contributed by atoms with Gasteiger partial charge in [-0.3, -0.25) is 9.69 Å². The summed E-state index contributed by atoms with van der Waals surface area (Å²) in [6, 6.07) is 19.9. The molecule has 0 bridgehead atoms. The van der Waals surface area contributed by atoms with Gasteiger partial charge in [0.05, 0.1) is 0 Å². The van der Waals surface area contributed by atoms with E-state index < -0.39 is 0 Å². The van der Waals surface area contributed by atoms with Crippen LogP contribution in [0.4, 0.5) is 11.6 Å². The molecule has 0 aliphatic carbocycles. The Morgan fingerprint density at radius 2 is 1.74 bits per heavy atom. The number of ether oxygens (including phenoxy) is 1. The molecule has 1 amide bonds. The lowest BCUT2D eigenvalue weighted by atomic mass is 10.2. The maximum Gasteiger partial charge on any atom is 0.263 e. The van der Waals surface area contributed by atoms with Crippen LogP contribution < -0.4 is 15.0 Å². The maximum absolute atomic E-state index is 12.2. The molecular weight excluding hydrogens is 390 g/mol. The predicted molar refractivity (Wildman–Crippen MR) is 121 cm³/mol. The number of aromatic nitrogens is 2. The zero-order valence-electron chi connectivity index (χ0n) is 17.7. The fourth-order valence-corrected chi connectivity index (χ4v) is 3.53. The van der Waals surface area contributed by atoms with Crippen LogP contribution in [0, 0.1) is 6.92 Å². The van der Waals surface area contributed by atoms with E-state index in [2.05, 4.69) is 49.4 Å². The lowest BCUT2D eigenvalue weighted by Crippen LogP contribution is -2.46. The van der Waals surface area contributed by atoms with Gasteiger partial charge in [-0.1, -0.05) is 48.0 Å². The largest absolute Gasteiger partial charge is 0.484 e. The quantitative estimate of drug-likeness (QED) is 0.637. The Kier molecular flexibility index (Phi) is 6.74. The van der Waals surface area contributed by atoms with Gasteiger partial charge in [0, 0.05) is 38.8 Å². The number of carbonyl (C=O) groups excluding carboxylic acids is 1. The molecule has 1 aliphatic heterocycles. The Labute approximate surface area is 182 Å². The molecule has 0 atom stereocenters. The van der Waals surface area contributed by atoms with E-state index in [4.69, 9.17) is 4.74 Å². The number of amides is 1. The first kappa shape index (κ1) is 20.8. The van der Waals surface area contributed by atoms with Crippen molar-refractivity contribution < 1.29 is 9.53 Å². The number of benzene rings is 2. The fraction of sp³-hybridized carbons (Fsp3) is 0.292. The van der Waals surface area contributed by atoms with Crippen molar-refractivity contribution in [2.45, 2.75) is 13.5 Å². The minimum Gasteiger partial charge on any atom is -0.484 e. The summed E-state index contributed by atoms with van der Waals surface area (Å²) >= 11 is 0. The van der Waals surface area contributed by atoms with Crippen LogP contribution in [0.3, 0.4) is 0 Å². The highest BCUT2D eigenvalue weighted by Crippen LogP contribution is 2.17. The first-order valence-corrected chi connectivity index (χ1v) is 10.5. The molecule has 4 rings (SSSR count). The van der Waals surface area contributed by atoms with Gasteiger partial charge in [0.2, 0.25) is 0 Å². The molecule has 2 aromatic carbocycles. The molecule has 1 fully saturated rings. The number of rotatable bonds is 7. The summed E-state index contributed by atoms with van der Waals surface area (Å²) in [7, 11) is 0. The highest BCUT2D eigenvalue weighted by atomic mass is 16.5. The van der Waals surface area contributed by atoms with E-state index in [-0.39, 0.29) is 12.5 Å². The van der Waals surface area contributed by atoms with Crippen LogP contribution in [-0.2, 0) is 11.3 Å². The number of nitrogens with one attached hydrogen (secondary N) is 1. The molecule has 0 spiro atoms. The Hall–Kier alpha value is -3.45. The van der Waals surface area contributed by atoms with Crippen molar-refractivity contribution in [2.24, 2.45) is 0 Å². The lowest BCUT2D eigenvalue weighted by Gasteiger charge is -2.35. The third-order valence-electron chi connectivity index (χ3n) is 5.26. The minimum absolute atomic E-state index is 0.0689. The lowest BCUT2D eigenvalue weighted by molar-refractivity contribution is -0.118. The van der Waals surface area contributed by atoms with Gasteiger partial charge in [-0.15, -0.1) is 0 Å². The molecule has 0 saturated carbocycles. The Morgan fingerprint density at radius 3 is 2.48 bits per heavy atom. The molecule has 1 aromatic heterocycles. The molecule has 7 nitrogen and oxygen atoms in total. The highest BCUT2D eigenvalue weighted by molar-refractivity contribution is 5.91. The number of carbonyl (C=O) groups is 1. The third kappa shape index (κ3) is 6.02. The molecule has 1 N–H and O–H groups in total. The number of nitrogens with zero attached hydrogens (tertiary/aromatic N) is 4. The summed E-state index contributed by atoms with van der Waals surface area (Å²) in [6.07, 6.45) is 1.49. The highest BCUT2D eigenvalue weighted by Gasteiger charge is 2.19. The van der Waals surface area contributed by atoms with Crippen molar-refractivity contribution in [1.29, 1.82) is 0 Å². The van der Waals surface area contributed by atoms with Crippen LogP contribution in [0.25, 0.3) is 0 Å². The summed E-state index contributed by atoms with van der Waals surface area (Å²) in [4.78, 5) is 25.5. The molecule has 2 heterocycles. The van der Waals surface area contributed by atoms with Crippen molar-refractivity contribution in [1.82, 2.24) is 14.9 Å². The van der Waals surface area contributed by atoms with E-state index in [1.165, 1.54) is 11.9 Å². The molecule has 0 unspecified atom stereocenters. The van der Waals surface area contributed by atoms with Crippen molar-refractivity contribution in [3.05, 3.63) is 78.1 Å². The van der Waals surface area contributed by atoms with E-state index in [9.17, 15) is 4.79 Å². The van der Waals surface area contributed by atoms with Crippen molar-refractivity contribution in [2.75, 3.05) is 43.0 Å². The summed E-state index contributed by atoms with van der Waals surface area (Å²) in [6.45, 7) is 6.59. The molecule has 1 saturated heterocycles. The minimum atomic E-state index is -0.252. The van der Waals surface area contributed by atoms with E-state index in [1.807, 2.05) is 43.3 Å². The number of piperazine rings is 1. The first-order chi connectivity index (χ1) is 15.2. The second-order valence-electron chi connectivity index (χ2n) is 7.66. The molecule has 0 radical (unpaired) electrons. The van der Waals surface area contributed by atoms with Gasteiger partial charge >= 0.3 is 0 Å². The summed E-state index contributed by atoms with van der Waals surface area (Å²) in [5.41, 5.74) is 2.47. The second kappa shape index (κ2) is 10.0. The van der Waals surface area contributed by atoms with Crippen molar-refractivity contribution >= 4 is 17.5 Å². The fourth-order valence-electron chi connectivity index (χ4n) is 3.53. The molecule has 3 aromatic rings. The van der Waals surface area contributed by atoms with Crippen LogP contribution in [0.5, 0.6) is 5.75 Å². The van der Waals surface area contributed by atoms with E-state index >= 15 is 0 Å². The topological polar surface area (TPSA) is 70.6 Å². The van der Waals surface area contributed by atoms with Gasteiger partial charge in [-0.05, 0) is 24.6 Å². The molecule has 160 valence electrons. The zero-order chi connectivity index (χ0) is 21.5. The number of anilines is 2. The smallest absolute Gasteiger partial charge is 0.263 e. The van der Waals surface area contributed by atoms with Gasteiger partial charge < -0.3 is 15.0 Å². The van der Waals surface area contributed by atoms with Crippen molar-refractivity contribution in [3.63, 3.8) is 0 Å². The second-order valence-corrected chi connectivity index (χ2v) is 7.66. The van der Waals surface area contributed by atoms with Crippen molar-refractivity contribution in [3.8, 4) is 5.75 Å². The molecule has 31 heavy (non-hydrogen) atoms. The SMILES string of the molecule is Cc1ccc(OCC(=O)Nc2cc(N3CCN(Cc4ccccc4)CC3)ncn2)cc1.